The van der Waals surface area contributed by atoms with E-state index in [4.69, 9.17) is 0 Å². The number of hydrogen-bond donors (Lipinski definition) is 0. The van der Waals surface area contributed by atoms with Gasteiger partial charge in [0.25, 0.3) is 0 Å². The molecular weight excluding hydrogens is 252 g/mol. The smallest absolute Gasteiger partial charge is 0.206 e. The highest BCUT2D eigenvalue weighted by Gasteiger charge is 2.34. The molecule has 0 bridgehead atoms. The molecule has 1 aromatic heterocycles. The van der Waals surface area contributed by atoms with Crippen molar-refractivity contribution in [2.75, 3.05) is 0 Å². The lowest BCUT2D eigenvalue weighted by Crippen LogP contribution is -2.08. The van der Waals surface area contributed by atoms with Gasteiger partial charge in [-0.1, -0.05) is 0 Å². The van der Waals surface area contributed by atoms with Gasteiger partial charge in [-0.25, -0.2) is 4.39 Å². The van der Waals surface area contributed by atoms with Gasteiger partial charge in [0.15, 0.2) is 5.82 Å². The van der Waals surface area contributed by atoms with E-state index in [1.165, 1.54) is 6.92 Å². The van der Waals surface area contributed by atoms with Gasteiger partial charge in [0.05, 0.1) is 5.56 Å². The monoisotopic (exact) mass is 258 g/mol. The summed E-state index contributed by atoms with van der Waals surface area (Å²) in [6.45, 7) is 1.54. The van der Waals surface area contributed by atoms with Crippen molar-refractivity contribution in [2.45, 2.75) is 13.1 Å². The molecule has 0 N–H and O–H groups in total. The number of aryl methyl sites for hydroxylation is 1. The predicted molar refractivity (Wildman–Crippen MR) is 52.8 cm³/mol. The summed E-state index contributed by atoms with van der Waals surface area (Å²) >= 11 is 0. The number of rotatable bonds is 1. The Balaban J connectivity index is 2.50. The lowest BCUT2D eigenvalue weighted by atomic mass is 10.1. The van der Waals surface area contributed by atoms with Crippen molar-refractivity contribution >= 4 is 0 Å². The summed E-state index contributed by atoms with van der Waals surface area (Å²) in [5.41, 5.74) is -1.37. The van der Waals surface area contributed by atoms with E-state index in [9.17, 15) is 17.6 Å². The Morgan fingerprint density at radius 3 is 2.17 bits per heavy atom. The first-order chi connectivity index (χ1) is 8.38. The van der Waals surface area contributed by atoms with Crippen LogP contribution in [0.15, 0.2) is 18.2 Å². The van der Waals surface area contributed by atoms with Crippen LogP contribution in [-0.2, 0) is 6.18 Å². The Morgan fingerprint density at radius 2 is 1.61 bits per heavy atom. The van der Waals surface area contributed by atoms with Crippen molar-refractivity contribution in [1.29, 1.82) is 0 Å². The molecule has 0 aliphatic carbocycles. The van der Waals surface area contributed by atoms with Crippen LogP contribution in [0.3, 0.4) is 0 Å². The minimum atomic E-state index is -4.77. The quantitative estimate of drug-likeness (QED) is 0.737. The molecule has 2 aromatic rings. The third kappa shape index (κ3) is 2.41. The predicted octanol–water partition coefficient (Wildman–Crippen LogP) is 2.40. The second-order valence-corrected chi connectivity index (χ2v) is 3.46. The molecule has 1 heterocycles. The molecule has 0 radical (unpaired) electrons. The molecule has 94 valence electrons. The third-order valence-corrected chi connectivity index (χ3v) is 2.11. The van der Waals surface area contributed by atoms with Gasteiger partial charge < -0.3 is 0 Å². The molecule has 0 aliphatic rings. The Morgan fingerprint density at radius 1 is 1.00 bits per heavy atom. The normalized spacial score (nSPS) is 11.6. The largest absolute Gasteiger partial charge is 0.419 e. The maximum absolute atomic E-state index is 13.1. The molecule has 8 heteroatoms. The number of alkyl halides is 3. The summed E-state index contributed by atoms with van der Waals surface area (Å²) in [7, 11) is 0. The zero-order valence-corrected chi connectivity index (χ0v) is 9.03. The molecule has 1 aromatic carbocycles. The van der Waals surface area contributed by atoms with Crippen LogP contribution in [0.2, 0.25) is 0 Å². The molecule has 0 unspecified atom stereocenters. The number of hydrogen-bond acceptors (Lipinski definition) is 4. The summed E-state index contributed by atoms with van der Waals surface area (Å²) in [5, 5.41) is 14.3. The average Bonchev–Trinajstić information content (AvgIpc) is 2.29. The SMILES string of the molecule is Cc1nnc(-c2ccc(F)c(C(F)(F)F)c2)nn1. The van der Waals surface area contributed by atoms with Gasteiger partial charge in [0.2, 0.25) is 5.82 Å². The Kier molecular flexibility index (Phi) is 2.93. The summed E-state index contributed by atoms with van der Waals surface area (Å²) in [4.78, 5) is 0. The number of halogens is 4. The zero-order valence-electron chi connectivity index (χ0n) is 9.03. The molecule has 18 heavy (non-hydrogen) atoms. The van der Waals surface area contributed by atoms with E-state index in [-0.39, 0.29) is 17.2 Å². The standard InChI is InChI=1S/C10H6F4N4/c1-5-15-17-9(18-16-5)6-2-3-8(11)7(4-6)10(12,13)14/h2-4H,1H3. The van der Waals surface area contributed by atoms with Gasteiger partial charge in [0, 0.05) is 5.56 Å². The molecule has 0 amide bonds. The highest BCUT2D eigenvalue weighted by Crippen LogP contribution is 2.33. The van der Waals surface area contributed by atoms with Crippen molar-refractivity contribution in [2.24, 2.45) is 0 Å². The summed E-state index contributed by atoms with van der Waals surface area (Å²) < 4.78 is 50.5. The minimum absolute atomic E-state index is 0.00345. The summed E-state index contributed by atoms with van der Waals surface area (Å²) in [6, 6.07) is 2.48. The second-order valence-electron chi connectivity index (χ2n) is 3.46. The van der Waals surface area contributed by atoms with E-state index < -0.39 is 17.6 Å². The molecule has 0 atom stereocenters. The molecule has 0 fully saturated rings. The van der Waals surface area contributed by atoms with Crippen molar-refractivity contribution in [3.8, 4) is 11.4 Å². The lowest BCUT2D eigenvalue weighted by Gasteiger charge is -2.08. The van der Waals surface area contributed by atoms with Crippen molar-refractivity contribution in [3.05, 3.63) is 35.4 Å². The fourth-order valence-electron chi connectivity index (χ4n) is 1.28. The van der Waals surface area contributed by atoms with Crippen LogP contribution in [0.25, 0.3) is 11.4 Å². The maximum atomic E-state index is 13.1. The average molecular weight is 258 g/mol. The van der Waals surface area contributed by atoms with E-state index in [0.717, 1.165) is 6.07 Å². The summed E-state index contributed by atoms with van der Waals surface area (Å²) in [5.74, 6) is -1.15. The molecule has 0 spiro atoms. The van der Waals surface area contributed by atoms with Crippen molar-refractivity contribution in [3.63, 3.8) is 0 Å². The number of benzene rings is 1. The van der Waals surface area contributed by atoms with E-state index in [1.807, 2.05) is 0 Å². The Labute approximate surface area is 98.7 Å². The van der Waals surface area contributed by atoms with Gasteiger partial charge in [-0.15, -0.1) is 20.4 Å². The molecular formula is C10H6F4N4. The van der Waals surface area contributed by atoms with Gasteiger partial charge in [-0.3, -0.25) is 0 Å². The fraction of sp³-hybridized carbons (Fsp3) is 0.200. The first-order valence-corrected chi connectivity index (χ1v) is 4.79. The molecule has 4 nitrogen and oxygen atoms in total. The van der Waals surface area contributed by atoms with Crippen LogP contribution < -0.4 is 0 Å². The van der Waals surface area contributed by atoms with Crippen LogP contribution in [0.4, 0.5) is 17.6 Å². The van der Waals surface area contributed by atoms with Gasteiger partial charge in [-0.05, 0) is 25.1 Å². The van der Waals surface area contributed by atoms with E-state index >= 15 is 0 Å². The lowest BCUT2D eigenvalue weighted by molar-refractivity contribution is -0.139. The van der Waals surface area contributed by atoms with Gasteiger partial charge in [0.1, 0.15) is 5.82 Å². The van der Waals surface area contributed by atoms with Crippen molar-refractivity contribution in [1.82, 2.24) is 20.4 Å². The van der Waals surface area contributed by atoms with Gasteiger partial charge in [-0.2, -0.15) is 13.2 Å². The molecule has 0 aliphatic heterocycles. The minimum Gasteiger partial charge on any atom is -0.206 e. The Hall–Kier alpha value is -2.12. The first kappa shape index (κ1) is 12.3. The topological polar surface area (TPSA) is 51.6 Å². The summed E-state index contributed by atoms with van der Waals surface area (Å²) in [6.07, 6.45) is -4.77. The van der Waals surface area contributed by atoms with Crippen LogP contribution >= 0.6 is 0 Å². The highest BCUT2D eigenvalue weighted by atomic mass is 19.4. The first-order valence-electron chi connectivity index (χ1n) is 4.79. The number of nitrogens with zero attached hydrogens (tertiary/aromatic N) is 4. The molecule has 2 rings (SSSR count). The fourth-order valence-corrected chi connectivity index (χ4v) is 1.28. The van der Waals surface area contributed by atoms with Crippen LogP contribution in [0.1, 0.15) is 11.4 Å². The van der Waals surface area contributed by atoms with Crippen LogP contribution in [-0.4, -0.2) is 20.4 Å². The number of aromatic nitrogens is 4. The molecule has 0 saturated heterocycles. The Bertz CT molecular complexity index is 565. The maximum Gasteiger partial charge on any atom is 0.419 e. The van der Waals surface area contributed by atoms with E-state index in [1.54, 1.807) is 0 Å². The zero-order chi connectivity index (χ0) is 13.3. The van der Waals surface area contributed by atoms with Crippen molar-refractivity contribution < 1.29 is 17.6 Å². The van der Waals surface area contributed by atoms with E-state index in [0.29, 0.717) is 12.1 Å². The highest BCUT2D eigenvalue weighted by molar-refractivity contribution is 5.55. The van der Waals surface area contributed by atoms with E-state index in [2.05, 4.69) is 20.4 Å². The van der Waals surface area contributed by atoms with Crippen LogP contribution in [0.5, 0.6) is 0 Å². The molecule has 0 saturated carbocycles. The third-order valence-electron chi connectivity index (χ3n) is 2.11. The van der Waals surface area contributed by atoms with Gasteiger partial charge >= 0.3 is 6.18 Å². The second kappa shape index (κ2) is 4.28. The van der Waals surface area contributed by atoms with Crippen LogP contribution in [0, 0.1) is 12.7 Å².